The van der Waals surface area contributed by atoms with Crippen LogP contribution < -0.4 is 0 Å². The molecule has 19 heavy (non-hydrogen) atoms. The SMILES string of the molecule is Cc1ccc(-c2ccnc3nc(C(=O)O)nn23)cc1. The molecule has 2 heterocycles. The van der Waals surface area contributed by atoms with Gasteiger partial charge in [-0.2, -0.15) is 9.50 Å². The van der Waals surface area contributed by atoms with Crippen LogP contribution in [-0.4, -0.2) is 30.7 Å². The third-order valence-electron chi connectivity index (χ3n) is 2.78. The maximum atomic E-state index is 10.9. The third-order valence-corrected chi connectivity index (χ3v) is 2.78. The number of aromatic carboxylic acids is 1. The van der Waals surface area contributed by atoms with E-state index in [-0.39, 0.29) is 11.6 Å². The number of hydrogen-bond donors (Lipinski definition) is 1. The van der Waals surface area contributed by atoms with Gasteiger partial charge in [0.15, 0.2) is 0 Å². The molecular formula is C13H10N4O2. The number of nitrogens with zero attached hydrogens (tertiary/aromatic N) is 4. The van der Waals surface area contributed by atoms with E-state index in [1.54, 1.807) is 12.3 Å². The lowest BCUT2D eigenvalue weighted by molar-refractivity contribution is 0.0684. The molecular weight excluding hydrogens is 244 g/mol. The third kappa shape index (κ3) is 1.93. The van der Waals surface area contributed by atoms with Gasteiger partial charge in [0.05, 0.1) is 5.69 Å². The summed E-state index contributed by atoms with van der Waals surface area (Å²) in [5, 5.41) is 12.9. The molecule has 6 heteroatoms. The van der Waals surface area contributed by atoms with Crippen molar-refractivity contribution < 1.29 is 9.90 Å². The molecule has 0 saturated carbocycles. The minimum absolute atomic E-state index is 0.257. The van der Waals surface area contributed by atoms with E-state index in [4.69, 9.17) is 5.11 Å². The first-order chi connectivity index (χ1) is 9.15. The summed E-state index contributed by atoms with van der Waals surface area (Å²) in [6.45, 7) is 2.00. The number of hydrogen-bond acceptors (Lipinski definition) is 4. The van der Waals surface area contributed by atoms with E-state index in [9.17, 15) is 4.79 Å². The van der Waals surface area contributed by atoms with Gasteiger partial charge in [-0.1, -0.05) is 29.8 Å². The van der Waals surface area contributed by atoms with Gasteiger partial charge < -0.3 is 5.11 Å². The van der Waals surface area contributed by atoms with E-state index in [0.717, 1.165) is 16.8 Å². The van der Waals surface area contributed by atoms with Gasteiger partial charge in [0.25, 0.3) is 11.6 Å². The number of benzene rings is 1. The van der Waals surface area contributed by atoms with Gasteiger partial charge in [-0.25, -0.2) is 9.78 Å². The van der Waals surface area contributed by atoms with Crippen molar-refractivity contribution in [1.29, 1.82) is 0 Å². The second-order valence-electron chi connectivity index (χ2n) is 4.15. The summed E-state index contributed by atoms with van der Waals surface area (Å²) in [6.07, 6.45) is 1.59. The fourth-order valence-corrected chi connectivity index (χ4v) is 1.83. The Morgan fingerprint density at radius 2 is 1.95 bits per heavy atom. The van der Waals surface area contributed by atoms with Gasteiger partial charge in [0.1, 0.15) is 0 Å². The quantitative estimate of drug-likeness (QED) is 0.754. The van der Waals surface area contributed by atoms with Crippen molar-refractivity contribution in [2.24, 2.45) is 0 Å². The van der Waals surface area contributed by atoms with Crippen LogP contribution in [0.5, 0.6) is 0 Å². The molecule has 94 valence electrons. The fraction of sp³-hybridized carbons (Fsp3) is 0.0769. The van der Waals surface area contributed by atoms with Crippen LogP contribution in [0, 0.1) is 6.92 Å². The molecule has 0 aliphatic heterocycles. The second kappa shape index (κ2) is 4.16. The Balaban J connectivity index is 2.23. The molecule has 0 spiro atoms. The predicted octanol–water partition coefficient (Wildman–Crippen LogP) is 1.80. The topological polar surface area (TPSA) is 80.4 Å². The summed E-state index contributed by atoms with van der Waals surface area (Å²) >= 11 is 0. The number of aromatic nitrogens is 4. The first-order valence-corrected chi connectivity index (χ1v) is 5.67. The summed E-state index contributed by atoms with van der Waals surface area (Å²) in [7, 11) is 0. The first-order valence-electron chi connectivity index (χ1n) is 5.67. The number of carboxylic acid groups (broad SMARTS) is 1. The Kier molecular flexibility index (Phi) is 2.49. The molecule has 1 N–H and O–H groups in total. The second-order valence-corrected chi connectivity index (χ2v) is 4.15. The summed E-state index contributed by atoms with van der Waals surface area (Å²) < 4.78 is 1.44. The van der Waals surface area contributed by atoms with Crippen LogP contribution in [0.4, 0.5) is 0 Å². The zero-order valence-corrected chi connectivity index (χ0v) is 10.1. The molecule has 0 radical (unpaired) electrons. The van der Waals surface area contributed by atoms with Crippen molar-refractivity contribution in [2.45, 2.75) is 6.92 Å². The van der Waals surface area contributed by atoms with Gasteiger partial charge in [-0.05, 0) is 13.0 Å². The van der Waals surface area contributed by atoms with E-state index < -0.39 is 5.97 Å². The molecule has 0 fully saturated rings. The molecule has 0 atom stereocenters. The van der Waals surface area contributed by atoms with Crippen LogP contribution >= 0.6 is 0 Å². The van der Waals surface area contributed by atoms with Crippen LogP contribution in [0.3, 0.4) is 0 Å². The smallest absolute Gasteiger partial charge is 0.375 e. The highest BCUT2D eigenvalue weighted by Gasteiger charge is 2.14. The zero-order valence-electron chi connectivity index (χ0n) is 10.1. The Labute approximate surface area is 108 Å². The fourth-order valence-electron chi connectivity index (χ4n) is 1.83. The predicted molar refractivity (Wildman–Crippen MR) is 67.9 cm³/mol. The number of aryl methyl sites for hydroxylation is 1. The Hall–Kier alpha value is -2.76. The van der Waals surface area contributed by atoms with Gasteiger partial charge in [-0.15, -0.1) is 5.10 Å². The van der Waals surface area contributed by atoms with Gasteiger partial charge in [-0.3, -0.25) is 0 Å². The highest BCUT2D eigenvalue weighted by molar-refractivity contribution is 5.83. The molecule has 0 aliphatic carbocycles. The number of fused-ring (bicyclic) bond motifs is 1. The lowest BCUT2D eigenvalue weighted by Gasteiger charge is -2.03. The molecule has 0 bridgehead atoms. The molecule has 1 aromatic carbocycles. The maximum absolute atomic E-state index is 10.9. The first kappa shape index (κ1) is 11.3. The van der Waals surface area contributed by atoms with Crippen molar-refractivity contribution in [3.05, 3.63) is 47.9 Å². The van der Waals surface area contributed by atoms with Crippen molar-refractivity contribution >= 4 is 11.7 Å². The zero-order chi connectivity index (χ0) is 13.4. The molecule has 3 rings (SSSR count). The van der Waals surface area contributed by atoms with Crippen LogP contribution in [0.2, 0.25) is 0 Å². The molecule has 3 aromatic rings. The Morgan fingerprint density at radius 3 is 2.63 bits per heavy atom. The number of rotatable bonds is 2. The average Bonchev–Trinajstić information content (AvgIpc) is 2.83. The standard InChI is InChI=1S/C13H10N4O2/c1-8-2-4-9(5-3-8)10-6-7-14-13-15-11(12(18)19)16-17(10)13/h2-7H,1H3,(H,18,19). The average molecular weight is 254 g/mol. The highest BCUT2D eigenvalue weighted by atomic mass is 16.4. The lowest BCUT2D eigenvalue weighted by Crippen LogP contribution is -2.00. The molecule has 0 aliphatic rings. The summed E-state index contributed by atoms with van der Waals surface area (Å²) in [4.78, 5) is 18.8. The van der Waals surface area contributed by atoms with E-state index in [1.165, 1.54) is 4.52 Å². The van der Waals surface area contributed by atoms with Crippen LogP contribution in [0.25, 0.3) is 17.0 Å². The molecule has 2 aromatic heterocycles. The molecule has 0 saturated heterocycles. The van der Waals surface area contributed by atoms with Crippen molar-refractivity contribution in [1.82, 2.24) is 19.6 Å². The van der Waals surface area contributed by atoms with E-state index in [1.807, 2.05) is 31.2 Å². The minimum Gasteiger partial charge on any atom is -0.475 e. The van der Waals surface area contributed by atoms with Crippen molar-refractivity contribution in [2.75, 3.05) is 0 Å². The van der Waals surface area contributed by atoms with E-state index in [2.05, 4.69) is 15.1 Å². The minimum atomic E-state index is -1.17. The number of carbonyl (C=O) groups is 1. The summed E-state index contributed by atoms with van der Waals surface area (Å²) in [5.41, 5.74) is 2.84. The van der Waals surface area contributed by atoms with Crippen molar-refractivity contribution in [3.63, 3.8) is 0 Å². The molecule has 0 unspecified atom stereocenters. The van der Waals surface area contributed by atoms with Gasteiger partial charge in [0, 0.05) is 11.8 Å². The maximum Gasteiger partial charge on any atom is 0.375 e. The Morgan fingerprint density at radius 1 is 1.21 bits per heavy atom. The van der Waals surface area contributed by atoms with Crippen LogP contribution in [0.1, 0.15) is 16.2 Å². The summed E-state index contributed by atoms with van der Waals surface area (Å²) in [5.74, 6) is -1.15. The largest absolute Gasteiger partial charge is 0.475 e. The Bertz CT molecular complexity index is 762. The van der Waals surface area contributed by atoms with Crippen LogP contribution in [-0.2, 0) is 0 Å². The van der Waals surface area contributed by atoms with E-state index in [0.29, 0.717) is 0 Å². The normalized spacial score (nSPS) is 10.8. The van der Waals surface area contributed by atoms with E-state index >= 15 is 0 Å². The highest BCUT2D eigenvalue weighted by Crippen LogP contribution is 2.19. The van der Waals surface area contributed by atoms with Crippen LogP contribution in [0.15, 0.2) is 36.5 Å². The summed E-state index contributed by atoms with van der Waals surface area (Å²) in [6, 6.07) is 9.64. The lowest BCUT2D eigenvalue weighted by atomic mass is 10.1. The monoisotopic (exact) mass is 254 g/mol. The molecule has 6 nitrogen and oxygen atoms in total. The number of carboxylic acids is 1. The van der Waals surface area contributed by atoms with Crippen molar-refractivity contribution in [3.8, 4) is 11.3 Å². The van der Waals surface area contributed by atoms with Gasteiger partial charge in [0.2, 0.25) is 0 Å². The molecule has 0 amide bonds. The van der Waals surface area contributed by atoms with Gasteiger partial charge >= 0.3 is 5.97 Å².